The van der Waals surface area contributed by atoms with Crippen LogP contribution in [-0.2, 0) is 39.9 Å². The Kier molecular flexibility index (Phi) is 6.34. The first-order valence-corrected chi connectivity index (χ1v) is 11.3. The van der Waals surface area contributed by atoms with Gasteiger partial charge < -0.3 is 20.4 Å². The molecule has 34 heavy (non-hydrogen) atoms. The summed E-state index contributed by atoms with van der Waals surface area (Å²) >= 11 is 1.26. The molecule has 2 aromatic heterocycles. The van der Waals surface area contributed by atoms with Crippen LogP contribution in [0.2, 0.25) is 0 Å². The summed E-state index contributed by atoms with van der Waals surface area (Å²) in [4.78, 5) is 41.2. The monoisotopic (exact) mass is 494 g/mol. The molecule has 0 bridgehead atoms. The van der Waals surface area contributed by atoms with Crippen LogP contribution in [0.3, 0.4) is 0 Å². The number of benzene rings is 1. The number of halogens is 3. The van der Waals surface area contributed by atoms with Crippen molar-refractivity contribution in [3.63, 3.8) is 0 Å². The van der Waals surface area contributed by atoms with E-state index in [1.807, 2.05) is 0 Å². The van der Waals surface area contributed by atoms with Crippen LogP contribution in [0.4, 0.5) is 18.2 Å². The largest absolute Gasteiger partial charge is 0.454 e. The number of alkyl halides is 3. The minimum Gasteiger partial charge on any atom is -0.454 e. The summed E-state index contributed by atoms with van der Waals surface area (Å²) in [6, 6.07) is 5.86. The standard InChI is InChI=1S/C22H21F3N4O4S/c1-11-6-7-12-15(8-11)34-20(18(12)19(26)32)28-16(30)10-33-17(31)9-29-14-5-3-2-4-13(14)27-21(29)22(23,24)25/h2-5,11H,6-10H2,1H3,(H2,26,32)(H,28,30)/t11-/m1/s1. The number of nitrogens with two attached hydrogens (primary N) is 1. The van der Waals surface area contributed by atoms with Crippen molar-refractivity contribution in [2.45, 2.75) is 38.9 Å². The first kappa shape index (κ1) is 23.7. The number of anilines is 1. The summed E-state index contributed by atoms with van der Waals surface area (Å²) in [7, 11) is 0. The van der Waals surface area contributed by atoms with E-state index in [0.717, 1.165) is 23.3 Å². The molecule has 0 aliphatic heterocycles. The lowest BCUT2D eigenvalue weighted by Crippen LogP contribution is -2.25. The summed E-state index contributed by atoms with van der Waals surface area (Å²) in [5, 5.41) is 2.83. The summed E-state index contributed by atoms with van der Waals surface area (Å²) in [6.07, 6.45) is -2.43. The molecule has 3 N–H and O–H groups in total. The summed E-state index contributed by atoms with van der Waals surface area (Å²) in [6.45, 7) is 0.586. The molecule has 1 atom stereocenters. The fraction of sp³-hybridized carbons (Fsp3) is 0.364. The highest BCUT2D eigenvalue weighted by atomic mass is 32.1. The van der Waals surface area contributed by atoms with E-state index in [1.165, 1.54) is 35.6 Å². The molecule has 8 nitrogen and oxygen atoms in total. The van der Waals surface area contributed by atoms with Crippen molar-refractivity contribution in [2.24, 2.45) is 11.7 Å². The Bertz CT molecular complexity index is 1280. The molecule has 0 saturated carbocycles. The van der Waals surface area contributed by atoms with Crippen molar-refractivity contribution in [1.29, 1.82) is 0 Å². The second kappa shape index (κ2) is 9.09. The number of carbonyl (C=O) groups is 3. The Morgan fingerprint density at radius 1 is 1.29 bits per heavy atom. The van der Waals surface area contributed by atoms with E-state index in [-0.39, 0.29) is 21.6 Å². The molecule has 1 aromatic carbocycles. The summed E-state index contributed by atoms with van der Waals surface area (Å²) in [5.41, 5.74) is 6.79. The summed E-state index contributed by atoms with van der Waals surface area (Å²) in [5.74, 6) is -3.23. The number of aromatic nitrogens is 2. The van der Waals surface area contributed by atoms with Crippen LogP contribution in [0, 0.1) is 5.92 Å². The van der Waals surface area contributed by atoms with E-state index in [4.69, 9.17) is 10.5 Å². The second-order valence-corrected chi connectivity index (χ2v) is 9.24. The van der Waals surface area contributed by atoms with Gasteiger partial charge in [-0.1, -0.05) is 19.1 Å². The average molecular weight is 494 g/mol. The van der Waals surface area contributed by atoms with Gasteiger partial charge in [-0.3, -0.25) is 14.4 Å². The average Bonchev–Trinajstić information content (AvgIpc) is 3.30. The Morgan fingerprint density at radius 3 is 2.74 bits per heavy atom. The number of amides is 2. The Balaban J connectivity index is 1.44. The minimum absolute atomic E-state index is 0.0790. The number of nitrogens with zero attached hydrogens (tertiary/aromatic N) is 2. The van der Waals surface area contributed by atoms with E-state index < -0.39 is 42.9 Å². The van der Waals surface area contributed by atoms with Gasteiger partial charge in [0.2, 0.25) is 5.82 Å². The smallest absolute Gasteiger partial charge is 0.449 e. The van der Waals surface area contributed by atoms with Gasteiger partial charge in [0.05, 0.1) is 16.6 Å². The third kappa shape index (κ3) is 4.76. The number of nitrogens with one attached hydrogen (secondary N) is 1. The molecule has 180 valence electrons. The number of primary amides is 1. The molecular formula is C22H21F3N4O4S. The fourth-order valence-electron chi connectivity index (χ4n) is 4.03. The van der Waals surface area contributed by atoms with Crippen molar-refractivity contribution in [2.75, 3.05) is 11.9 Å². The van der Waals surface area contributed by atoms with Crippen molar-refractivity contribution < 1.29 is 32.3 Å². The lowest BCUT2D eigenvalue weighted by atomic mass is 9.88. The number of carbonyl (C=O) groups excluding carboxylic acids is 3. The van der Waals surface area contributed by atoms with Crippen LogP contribution in [0.25, 0.3) is 11.0 Å². The zero-order chi connectivity index (χ0) is 24.6. The molecule has 4 rings (SSSR count). The third-order valence-electron chi connectivity index (χ3n) is 5.57. The molecule has 0 radical (unpaired) electrons. The normalized spacial score (nSPS) is 15.7. The van der Waals surface area contributed by atoms with Gasteiger partial charge in [-0.25, -0.2) is 4.98 Å². The van der Waals surface area contributed by atoms with E-state index >= 15 is 0 Å². The molecule has 2 amide bonds. The number of esters is 1. The highest BCUT2D eigenvalue weighted by Gasteiger charge is 2.38. The lowest BCUT2D eigenvalue weighted by molar-refractivity contribution is -0.152. The number of hydrogen-bond donors (Lipinski definition) is 2. The van der Waals surface area contributed by atoms with E-state index in [1.54, 1.807) is 0 Å². The van der Waals surface area contributed by atoms with Gasteiger partial charge in [-0.2, -0.15) is 13.2 Å². The molecule has 0 spiro atoms. The van der Waals surface area contributed by atoms with Gasteiger partial charge in [0.15, 0.2) is 6.61 Å². The number of para-hydroxylation sites is 2. The SMILES string of the molecule is C[C@@H]1CCc2c(sc(NC(=O)COC(=O)Cn3c(C(F)(F)F)nc4ccccc43)c2C(N)=O)C1. The molecule has 0 saturated heterocycles. The highest BCUT2D eigenvalue weighted by Crippen LogP contribution is 2.39. The predicted octanol–water partition coefficient (Wildman–Crippen LogP) is 3.52. The fourth-order valence-corrected chi connectivity index (χ4v) is 5.47. The summed E-state index contributed by atoms with van der Waals surface area (Å²) < 4.78 is 45.8. The molecule has 0 fully saturated rings. The highest BCUT2D eigenvalue weighted by molar-refractivity contribution is 7.17. The topological polar surface area (TPSA) is 116 Å². The van der Waals surface area contributed by atoms with Gasteiger partial charge in [-0.15, -0.1) is 11.3 Å². The van der Waals surface area contributed by atoms with Crippen molar-refractivity contribution in [3.05, 3.63) is 46.1 Å². The maximum atomic E-state index is 13.4. The number of imidazole rings is 1. The van der Waals surface area contributed by atoms with Crippen molar-refractivity contribution >= 4 is 45.2 Å². The van der Waals surface area contributed by atoms with Crippen LogP contribution >= 0.6 is 11.3 Å². The number of ether oxygens (including phenoxy) is 1. The van der Waals surface area contributed by atoms with E-state index in [2.05, 4.69) is 17.2 Å². The zero-order valence-corrected chi connectivity index (χ0v) is 18.9. The minimum atomic E-state index is -4.78. The van der Waals surface area contributed by atoms with Crippen molar-refractivity contribution in [3.8, 4) is 0 Å². The van der Waals surface area contributed by atoms with Gasteiger partial charge in [0.25, 0.3) is 11.8 Å². The van der Waals surface area contributed by atoms with E-state index in [0.29, 0.717) is 16.9 Å². The van der Waals surface area contributed by atoms with E-state index in [9.17, 15) is 27.6 Å². The number of rotatable bonds is 6. The van der Waals surface area contributed by atoms with Crippen LogP contribution in [-0.4, -0.2) is 33.9 Å². The van der Waals surface area contributed by atoms with Gasteiger partial charge in [-0.05, 0) is 42.9 Å². The van der Waals surface area contributed by atoms with Crippen LogP contribution < -0.4 is 11.1 Å². The first-order chi connectivity index (χ1) is 16.0. The van der Waals surface area contributed by atoms with Crippen LogP contribution in [0.1, 0.15) is 40.0 Å². The number of fused-ring (bicyclic) bond motifs is 2. The quantitative estimate of drug-likeness (QED) is 0.509. The maximum absolute atomic E-state index is 13.4. The second-order valence-electron chi connectivity index (χ2n) is 8.14. The van der Waals surface area contributed by atoms with Crippen molar-refractivity contribution in [1.82, 2.24) is 9.55 Å². The molecule has 1 aliphatic carbocycles. The van der Waals surface area contributed by atoms with Gasteiger partial charge >= 0.3 is 12.1 Å². The van der Waals surface area contributed by atoms with Crippen LogP contribution in [0.5, 0.6) is 0 Å². The molecule has 0 unspecified atom stereocenters. The molecule has 12 heteroatoms. The third-order valence-corrected chi connectivity index (χ3v) is 6.74. The Hall–Kier alpha value is -3.41. The predicted molar refractivity (Wildman–Crippen MR) is 118 cm³/mol. The molecular weight excluding hydrogens is 473 g/mol. The van der Waals surface area contributed by atoms with Gasteiger partial charge in [0, 0.05) is 4.88 Å². The van der Waals surface area contributed by atoms with Crippen LogP contribution in [0.15, 0.2) is 24.3 Å². The lowest BCUT2D eigenvalue weighted by Gasteiger charge is -2.18. The Labute approximate surface area is 195 Å². The molecule has 3 aromatic rings. The Morgan fingerprint density at radius 2 is 2.03 bits per heavy atom. The molecule has 1 aliphatic rings. The zero-order valence-electron chi connectivity index (χ0n) is 18.1. The van der Waals surface area contributed by atoms with Gasteiger partial charge in [0.1, 0.15) is 11.5 Å². The maximum Gasteiger partial charge on any atom is 0.449 e. The first-order valence-electron chi connectivity index (χ1n) is 10.5. The number of thiophene rings is 1. The number of hydrogen-bond acceptors (Lipinski definition) is 6. The molecule has 2 heterocycles.